The molecule has 0 radical (unpaired) electrons. The second-order valence-corrected chi connectivity index (χ2v) is 3.71. The van der Waals surface area contributed by atoms with Gasteiger partial charge in [0.05, 0.1) is 0 Å². The van der Waals surface area contributed by atoms with Crippen molar-refractivity contribution in [3.8, 4) is 0 Å². The summed E-state index contributed by atoms with van der Waals surface area (Å²) in [6, 6.07) is 7.40. The van der Waals surface area contributed by atoms with E-state index in [4.69, 9.17) is 10.0 Å². The summed E-state index contributed by atoms with van der Waals surface area (Å²) in [4.78, 5) is 2.24. The van der Waals surface area contributed by atoms with Gasteiger partial charge in [-0.2, -0.15) is 0 Å². The summed E-state index contributed by atoms with van der Waals surface area (Å²) in [5.41, 5.74) is 1.60. The van der Waals surface area contributed by atoms with Gasteiger partial charge in [0.2, 0.25) is 0 Å². The quantitative estimate of drug-likeness (QED) is 0.594. The summed E-state index contributed by atoms with van der Waals surface area (Å²) < 4.78 is 0. The Morgan fingerprint density at radius 2 is 1.88 bits per heavy atom. The fourth-order valence-electron chi connectivity index (χ4n) is 1.81. The molecular weight excluding hydrogens is 226 g/mol. The molecule has 4 nitrogen and oxygen atoms in total. The van der Waals surface area contributed by atoms with Gasteiger partial charge in [-0.15, -0.1) is 12.4 Å². The first-order chi connectivity index (χ1) is 7.27. The van der Waals surface area contributed by atoms with Crippen molar-refractivity contribution in [1.82, 2.24) is 5.32 Å². The SMILES string of the molecule is Cl.OB(O)c1cccc(N2CCNCC2)c1. The number of benzene rings is 1. The average molecular weight is 243 g/mol. The molecule has 0 atom stereocenters. The summed E-state index contributed by atoms with van der Waals surface area (Å²) in [5.74, 6) is 0. The molecule has 0 bridgehead atoms. The number of halogens is 1. The van der Waals surface area contributed by atoms with Crippen LogP contribution in [0.3, 0.4) is 0 Å². The molecule has 2 rings (SSSR count). The zero-order valence-electron chi connectivity index (χ0n) is 8.97. The molecule has 88 valence electrons. The van der Waals surface area contributed by atoms with Crippen molar-refractivity contribution >= 4 is 30.7 Å². The van der Waals surface area contributed by atoms with Crippen molar-refractivity contribution < 1.29 is 10.0 Å². The third-order valence-corrected chi connectivity index (χ3v) is 2.65. The Morgan fingerprint density at radius 1 is 1.19 bits per heavy atom. The Kier molecular flexibility index (Phi) is 5.08. The van der Waals surface area contributed by atoms with Gasteiger partial charge in [-0.3, -0.25) is 0 Å². The maximum atomic E-state index is 9.07. The number of nitrogens with one attached hydrogen (secondary N) is 1. The lowest BCUT2D eigenvalue weighted by molar-refractivity contribution is 0.426. The van der Waals surface area contributed by atoms with E-state index < -0.39 is 7.12 Å². The highest BCUT2D eigenvalue weighted by molar-refractivity contribution is 6.58. The van der Waals surface area contributed by atoms with E-state index in [2.05, 4.69) is 10.2 Å². The Morgan fingerprint density at radius 3 is 2.50 bits per heavy atom. The van der Waals surface area contributed by atoms with E-state index in [1.807, 2.05) is 18.2 Å². The molecule has 0 amide bonds. The lowest BCUT2D eigenvalue weighted by atomic mass is 9.80. The van der Waals surface area contributed by atoms with Crippen LogP contribution in [0.25, 0.3) is 0 Å². The maximum Gasteiger partial charge on any atom is 0.488 e. The third-order valence-electron chi connectivity index (χ3n) is 2.65. The van der Waals surface area contributed by atoms with E-state index >= 15 is 0 Å². The summed E-state index contributed by atoms with van der Waals surface area (Å²) in [6.07, 6.45) is 0. The fraction of sp³-hybridized carbons (Fsp3) is 0.400. The largest absolute Gasteiger partial charge is 0.488 e. The van der Waals surface area contributed by atoms with E-state index in [9.17, 15) is 0 Å². The molecule has 0 aliphatic carbocycles. The van der Waals surface area contributed by atoms with Crippen LogP contribution in [0.4, 0.5) is 5.69 Å². The van der Waals surface area contributed by atoms with Crippen LogP contribution in [0.5, 0.6) is 0 Å². The van der Waals surface area contributed by atoms with Gasteiger partial charge in [0.15, 0.2) is 0 Å². The highest BCUT2D eigenvalue weighted by Crippen LogP contribution is 2.12. The van der Waals surface area contributed by atoms with Gasteiger partial charge in [0, 0.05) is 31.9 Å². The molecule has 0 unspecified atom stereocenters. The average Bonchev–Trinajstić information content (AvgIpc) is 2.30. The molecule has 16 heavy (non-hydrogen) atoms. The number of piperazine rings is 1. The highest BCUT2D eigenvalue weighted by atomic mass is 35.5. The summed E-state index contributed by atoms with van der Waals surface area (Å²) in [6.45, 7) is 3.88. The van der Waals surface area contributed by atoms with Gasteiger partial charge in [0.25, 0.3) is 0 Å². The Bertz CT molecular complexity index is 332. The van der Waals surface area contributed by atoms with Gasteiger partial charge in [0.1, 0.15) is 0 Å². The predicted octanol–water partition coefficient (Wildman–Crippen LogP) is -0.802. The predicted molar refractivity (Wildman–Crippen MR) is 68.6 cm³/mol. The minimum Gasteiger partial charge on any atom is -0.423 e. The summed E-state index contributed by atoms with van der Waals surface area (Å²) >= 11 is 0. The minimum absolute atomic E-state index is 0. The Balaban J connectivity index is 0.00000128. The van der Waals surface area contributed by atoms with Gasteiger partial charge in [-0.05, 0) is 17.6 Å². The third kappa shape index (κ3) is 3.12. The maximum absolute atomic E-state index is 9.07. The van der Waals surface area contributed by atoms with Crippen LogP contribution in [-0.4, -0.2) is 43.3 Å². The van der Waals surface area contributed by atoms with Crippen molar-refractivity contribution in [1.29, 1.82) is 0 Å². The molecule has 1 aromatic rings. The zero-order valence-corrected chi connectivity index (χ0v) is 9.78. The monoisotopic (exact) mass is 242 g/mol. The van der Waals surface area contributed by atoms with Crippen LogP contribution in [-0.2, 0) is 0 Å². The Hall–Kier alpha value is -0.745. The Labute approximate surface area is 102 Å². The van der Waals surface area contributed by atoms with Gasteiger partial charge in [-0.1, -0.05) is 12.1 Å². The highest BCUT2D eigenvalue weighted by Gasteiger charge is 2.14. The molecule has 0 spiro atoms. The van der Waals surface area contributed by atoms with Gasteiger partial charge in [-0.25, -0.2) is 0 Å². The first kappa shape index (κ1) is 13.3. The normalized spacial score (nSPS) is 15.5. The molecule has 1 aliphatic heterocycles. The summed E-state index contributed by atoms with van der Waals surface area (Å²) in [7, 11) is -1.38. The molecule has 3 N–H and O–H groups in total. The zero-order chi connectivity index (χ0) is 10.7. The van der Waals surface area contributed by atoms with Crippen LogP contribution < -0.4 is 15.7 Å². The fourth-order valence-corrected chi connectivity index (χ4v) is 1.81. The van der Waals surface area contributed by atoms with Crippen LogP contribution in [0.15, 0.2) is 24.3 Å². The second kappa shape index (κ2) is 6.10. The van der Waals surface area contributed by atoms with Crippen LogP contribution in [0.1, 0.15) is 0 Å². The molecule has 1 heterocycles. The summed E-state index contributed by atoms with van der Waals surface area (Å²) in [5, 5.41) is 21.4. The number of nitrogens with zero attached hydrogens (tertiary/aromatic N) is 1. The van der Waals surface area contributed by atoms with Gasteiger partial charge < -0.3 is 20.3 Å². The number of hydrogen-bond acceptors (Lipinski definition) is 4. The minimum atomic E-state index is -1.38. The van der Waals surface area contributed by atoms with Crippen LogP contribution >= 0.6 is 12.4 Å². The van der Waals surface area contributed by atoms with Crippen LogP contribution in [0.2, 0.25) is 0 Å². The van der Waals surface area contributed by atoms with Crippen molar-refractivity contribution in [3.05, 3.63) is 24.3 Å². The van der Waals surface area contributed by atoms with Crippen molar-refractivity contribution in [2.75, 3.05) is 31.1 Å². The molecule has 1 fully saturated rings. The van der Waals surface area contributed by atoms with E-state index in [-0.39, 0.29) is 12.4 Å². The topological polar surface area (TPSA) is 55.7 Å². The first-order valence-corrected chi connectivity index (χ1v) is 5.19. The molecule has 0 aromatic heterocycles. The van der Waals surface area contributed by atoms with Crippen LogP contribution in [0, 0.1) is 0 Å². The second-order valence-electron chi connectivity index (χ2n) is 3.71. The van der Waals surface area contributed by atoms with E-state index in [1.54, 1.807) is 6.07 Å². The van der Waals surface area contributed by atoms with E-state index in [0.717, 1.165) is 31.9 Å². The number of hydrogen-bond donors (Lipinski definition) is 3. The molecular formula is C10H16BClN2O2. The van der Waals surface area contributed by atoms with Gasteiger partial charge >= 0.3 is 7.12 Å². The number of rotatable bonds is 2. The molecule has 1 aromatic carbocycles. The lowest BCUT2D eigenvalue weighted by Gasteiger charge is -2.29. The number of anilines is 1. The first-order valence-electron chi connectivity index (χ1n) is 5.19. The van der Waals surface area contributed by atoms with Crippen molar-refractivity contribution in [2.45, 2.75) is 0 Å². The smallest absolute Gasteiger partial charge is 0.423 e. The van der Waals surface area contributed by atoms with E-state index in [0.29, 0.717) is 5.46 Å². The molecule has 1 aliphatic rings. The molecule has 0 saturated carbocycles. The van der Waals surface area contributed by atoms with E-state index in [1.165, 1.54) is 0 Å². The van der Waals surface area contributed by atoms with Crippen molar-refractivity contribution in [3.63, 3.8) is 0 Å². The standard InChI is InChI=1S/C10H15BN2O2.ClH/c14-11(15)9-2-1-3-10(8-9)13-6-4-12-5-7-13;/h1-3,8,12,14-15H,4-7H2;1H. The lowest BCUT2D eigenvalue weighted by Crippen LogP contribution is -2.44. The van der Waals surface area contributed by atoms with Crippen molar-refractivity contribution in [2.24, 2.45) is 0 Å². The molecule has 1 saturated heterocycles. The molecule has 6 heteroatoms.